The summed E-state index contributed by atoms with van der Waals surface area (Å²) >= 11 is 0. The number of carbonyl (C=O) groups excluding carboxylic acids is 7. The zero-order valence-electron chi connectivity index (χ0n) is 35.8. The van der Waals surface area contributed by atoms with Gasteiger partial charge in [0.1, 0.15) is 24.2 Å². The van der Waals surface area contributed by atoms with Crippen LogP contribution in [0.25, 0.3) is 6.08 Å². The number of benzene rings is 2. The monoisotopic (exact) mass is 888 g/mol. The predicted octanol–water partition coefficient (Wildman–Crippen LogP) is 2.42. The van der Waals surface area contributed by atoms with Crippen LogP contribution >= 0.6 is 0 Å². The second kappa shape index (κ2) is 21.2. The fourth-order valence-corrected chi connectivity index (χ4v) is 7.20. The Morgan fingerprint density at radius 3 is 1.60 bits per heavy atom. The van der Waals surface area contributed by atoms with Crippen molar-refractivity contribution in [3.05, 3.63) is 53.1 Å². The van der Waals surface area contributed by atoms with Gasteiger partial charge in [0, 0.05) is 60.5 Å². The Morgan fingerprint density at radius 2 is 1.11 bits per heavy atom. The van der Waals surface area contributed by atoms with Crippen LogP contribution in [-0.4, -0.2) is 133 Å². The van der Waals surface area contributed by atoms with Crippen molar-refractivity contribution in [1.82, 2.24) is 0 Å². The zero-order chi connectivity index (χ0) is 46.1. The summed E-state index contributed by atoms with van der Waals surface area (Å²) in [4.78, 5) is 87.9. The van der Waals surface area contributed by atoms with Crippen molar-refractivity contribution >= 4 is 47.9 Å². The summed E-state index contributed by atoms with van der Waals surface area (Å²) in [6, 6.07) is 7.51. The molecule has 63 heavy (non-hydrogen) atoms. The fourth-order valence-electron chi connectivity index (χ4n) is 7.20. The Balaban J connectivity index is 1.51. The van der Waals surface area contributed by atoms with Crippen molar-refractivity contribution < 1.29 is 99.9 Å². The number of carbonyl (C=O) groups is 7. The van der Waals surface area contributed by atoms with Crippen molar-refractivity contribution in [2.24, 2.45) is 0 Å². The maximum Gasteiger partial charge on any atom is 0.333 e. The summed E-state index contributed by atoms with van der Waals surface area (Å²) in [5, 5.41) is 0. The first-order valence-electron chi connectivity index (χ1n) is 19.3. The molecule has 2 aromatic carbocycles. The van der Waals surface area contributed by atoms with E-state index >= 15 is 0 Å². The highest BCUT2D eigenvalue weighted by molar-refractivity contribution is 5.88. The summed E-state index contributed by atoms with van der Waals surface area (Å²) in [5.74, 6) is -6.42. The Hall–Kier alpha value is -6.29. The first kappa shape index (κ1) is 47.8. The van der Waals surface area contributed by atoms with E-state index in [4.69, 9.17) is 66.3 Å². The molecule has 0 amide bonds. The summed E-state index contributed by atoms with van der Waals surface area (Å²) in [5.41, 5.74) is 0.838. The molecule has 0 aromatic heterocycles. The van der Waals surface area contributed by atoms with E-state index in [-0.39, 0.29) is 47.3 Å². The van der Waals surface area contributed by atoms with E-state index in [1.54, 1.807) is 0 Å². The van der Waals surface area contributed by atoms with Crippen LogP contribution in [0.4, 0.5) is 0 Å². The second-order valence-corrected chi connectivity index (χ2v) is 14.2. The molecule has 0 aliphatic carbocycles. The molecular weight excluding hydrogens is 840 g/mol. The van der Waals surface area contributed by atoms with Gasteiger partial charge in [-0.2, -0.15) is 0 Å². The Labute approximate surface area is 360 Å². The lowest BCUT2D eigenvalue weighted by Gasteiger charge is -2.25. The normalized spacial score (nSPS) is 25.9. The lowest BCUT2D eigenvalue weighted by Crippen LogP contribution is -2.42. The highest BCUT2D eigenvalue weighted by atomic mass is 16.8. The van der Waals surface area contributed by atoms with Crippen LogP contribution in [0, 0.1) is 0 Å². The smallest absolute Gasteiger partial charge is 0.333 e. The van der Waals surface area contributed by atoms with Crippen molar-refractivity contribution in [1.29, 1.82) is 0 Å². The SMILES string of the molecule is COC[C@@H]1O[C@@H](OC(=O)/C=C/c2cc(OC)c3c(c2)C(C(=O)O[C@@H]2O[C@@H](COC)[C@H](OC(C)=O)[C@H]2OC(C)=O)C(c2ccc(OC(C)=O)c(OC)c2)O3)[C@H](OC(C)=O)[C@H]1OC(C)=O. The number of ether oxygens (including phenoxy) is 14. The highest BCUT2D eigenvalue weighted by Crippen LogP contribution is 2.52. The average molecular weight is 889 g/mol. The maximum atomic E-state index is 14.6. The van der Waals surface area contributed by atoms with Crippen LogP contribution in [-0.2, 0) is 80.9 Å². The third-order valence-electron chi connectivity index (χ3n) is 9.51. The van der Waals surface area contributed by atoms with Gasteiger partial charge in [-0.3, -0.25) is 28.8 Å². The lowest BCUT2D eigenvalue weighted by molar-refractivity contribution is -0.200. The Kier molecular flexibility index (Phi) is 16.1. The van der Waals surface area contributed by atoms with Crippen molar-refractivity contribution in [2.75, 3.05) is 41.7 Å². The quantitative estimate of drug-likeness (QED) is 0.0957. The van der Waals surface area contributed by atoms with Crippen LogP contribution in [0.5, 0.6) is 23.0 Å². The molecule has 0 N–H and O–H groups in total. The summed E-state index contributed by atoms with van der Waals surface area (Å²) in [6.45, 7) is 5.52. The fraction of sp³-hybridized carbons (Fsp3) is 0.500. The van der Waals surface area contributed by atoms with Crippen LogP contribution < -0.4 is 18.9 Å². The van der Waals surface area contributed by atoms with Crippen LogP contribution in [0.15, 0.2) is 36.4 Å². The van der Waals surface area contributed by atoms with Gasteiger partial charge in [-0.1, -0.05) is 6.07 Å². The van der Waals surface area contributed by atoms with Gasteiger partial charge in [0.05, 0.1) is 27.4 Å². The predicted molar refractivity (Wildman–Crippen MR) is 208 cm³/mol. The van der Waals surface area contributed by atoms with Crippen LogP contribution in [0.3, 0.4) is 0 Å². The number of methoxy groups -OCH3 is 4. The van der Waals surface area contributed by atoms with Crippen LogP contribution in [0.1, 0.15) is 63.3 Å². The molecule has 2 unspecified atom stereocenters. The van der Waals surface area contributed by atoms with Gasteiger partial charge in [0.25, 0.3) is 0 Å². The molecule has 21 nitrogen and oxygen atoms in total. The minimum atomic E-state index is -1.60. The van der Waals surface area contributed by atoms with E-state index in [2.05, 4.69) is 0 Å². The molecule has 0 saturated carbocycles. The Morgan fingerprint density at radius 1 is 0.587 bits per heavy atom. The van der Waals surface area contributed by atoms with E-state index in [0.29, 0.717) is 5.56 Å². The minimum Gasteiger partial charge on any atom is -0.493 e. The highest BCUT2D eigenvalue weighted by Gasteiger charge is 2.54. The molecule has 3 heterocycles. The molecule has 0 spiro atoms. The molecular formula is C42H48O21. The van der Waals surface area contributed by atoms with Gasteiger partial charge in [-0.25, -0.2) is 4.79 Å². The lowest BCUT2D eigenvalue weighted by atomic mass is 9.89. The van der Waals surface area contributed by atoms with Gasteiger partial charge in [0.15, 0.2) is 35.2 Å². The van der Waals surface area contributed by atoms with Gasteiger partial charge < -0.3 is 66.3 Å². The first-order valence-corrected chi connectivity index (χ1v) is 19.3. The van der Waals surface area contributed by atoms with Gasteiger partial charge in [-0.15, -0.1) is 0 Å². The number of fused-ring (bicyclic) bond motifs is 1. The molecule has 2 aromatic rings. The van der Waals surface area contributed by atoms with E-state index in [0.717, 1.165) is 33.8 Å². The molecule has 3 aliphatic rings. The number of esters is 7. The molecule has 21 heteroatoms. The second-order valence-electron chi connectivity index (χ2n) is 14.2. The van der Waals surface area contributed by atoms with Crippen molar-refractivity contribution in [3.63, 3.8) is 0 Å². The van der Waals surface area contributed by atoms with E-state index in [9.17, 15) is 33.6 Å². The molecule has 2 saturated heterocycles. The molecule has 5 rings (SSSR count). The third kappa shape index (κ3) is 11.6. The van der Waals surface area contributed by atoms with E-state index < -0.39 is 103 Å². The van der Waals surface area contributed by atoms with E-state index in [1.807, 2.05) is 0 Å². The average Bonchev–Trinajstić information content (AvgIpc) is 3.84. The first-order chi connectivity index (χ1) is 30.0. The van der Waals surface area contributed by atoms with Gasteiger partial charge in [0.2, 0.25) is 24.8 Å². The van der Waals surface area contributed by atoms with Crippen molar-refractivity contribution in [2.45, 2.75) is 95.8 Å². The summed E-state index contributed by atoms with van der Waals surface area (Å²) in [7, 11) is 5.44. The molecule has 3 aliphatic heterocycles. The molecule has 10 atom stereocenters. The summed E-state index contributed by atoms with van der Waals surface area (Å²) in [6.07, 6.45) is -9.01. The molecule has 0 bridgehead atoms. The topological polar surface area (TPSA) is 249 Å². The third-order valence-corrected chi connectivity index (χ3v) is 9.51. The number of hydrogen-bond acceptors (Lipinski definition) is 21. The zero-order valence-corrected chi connectivity index (χ0v) is 35.8. The standard InChI is InChI=1S/C42H48O21/c1-19(43)54-27-12-11-25(16-28(27)52-8)34-33(40(49)63-42-39(58-23(5)47)37(56-21(3)45)31(60-42)18-51-7)26-14-24(15-29(53-9)35(26)62-34)10-13-32(48)61-41-38(57-22(4)46)36(55-20(2)44)30(59-41)17-50-6/h10-16,30-31,33-34,36-39,41-42H,17-18H2,1-9H3/b13-10+/t30-,31-,33?,34?,36-,37-,38+,39+,41-,42-/m0/s1. The minimum absolute atomic E-state index is 0.0860. The largest absolute Gasteiger partial charge is 0.493 e. The Bertz CT molecular complexity index is 2080. The van der Waals surface area contributed by atoms with Gasteiger partial charge >= 0.3 is 41.8 Å². The van der Waals surface area contributed by atoms with Crippen LogP contribution in [0.2, 0.25) is 0 Å². The maximum absolute atomic E-state index is 14.6. The number of hydrogen-bond donors (Lipinski definition) is 0. The number of rotatable bonds is 17. The summed E-state index contributed by atoms with van der Waals surface area (Å²) < 4.78 is 77.9. The van der Waals surface area contributed by atoms with Gasteiger partial charge in [-0.05, 0) is 41.5 Å². The van der Waals surface area contributed by atoms with E-state index in [1.165, 1.54) is 71.8 Å². The van der Waals surface area contributed by atoms with Crippen molar-refractivity contribution in [3.8, 4) is 23.0 Å². The molecule has 0 radical (unpaired) electrons. The molecule has 342 valence electrons. The molecule has 2 fully saturated rings.